The summed E-state index contributed by atoms with van der Waals surface area (Å²) in [4.78, 5) is 23.5. The van der Waals surface area contributed by atoms with E-state index >= 15 is 0 Å². The van der Waals surface area contributed by atoms with Gasteiger partial charge in [-0.2, -0.15) is 0 Å². The van der Waals surface area contributed by atoms with Crippen molar-refractivity contribution in [2.24, 2.45) is 5.92 Å². The van der Waals surface area contributed by atoms with Crippen molar-refractivity contribution < 1.29 is 23.8 Å². The van der Waals surface area contributed by atoms with E-state index in [9.17, 15) is 9.59 Å². The molecular weight excluding hydrogens is 298 g/mol. The highest BCUT2D eigenvalue weighted by molar-refractivity contribution is 5.93. The second kappa shape index (κ2) is 8.41. The number of nitrogens with one attached hydrogen (secondary N) is 1. The molecule has 6 nitrogen and oxygen atoms in total. The summed E-state index contributed by atoms with van der Waals surface area (Å²) in [7, 11) is 3.06. The van der Waals surface area contributed by atoms with Gasteiger partial charge in [0.25, 0.3) is 5.91 Å². The Balaban J connectivity index is 1.78. The topological polar surface area (TPSA) is 73.9 Å². The number of anilines is 1. The van der Waals surface area contributed by atoms with Gasteiger partial charge in [0.2, 0.25) is 0 Å². The number of hydrogen-bond acceptors (Lipinski definition) is 5. The Hall–Kier alpha value is -2.24. The van der Waals surface area contributed by atoms with Crippen LogP contribution in [0.2, 0.25) is 0 Å². The predicted molar refractivity (Wildman–Crippen MR) is 85.7 cm³/mol. The molecule has 1 aliphatic carbocycles. The van der Waals surface area contributed by atoms with Gasteiger partial charge in [-0.05, 0) is 30.9 Å². The first kappa shape index (κ1) is 17.1. The maximum absolute atomic E-state index is 11.8. The molecule has 0 unspecified atom stereocenters. The summed E-state index contributed by atoms with van der Waals surface area (Å²) >= 11 is 0. The first-order valence-electron chi connectivity index (χ1n) is 7.80. The normalized spacial score (nSPS) is 14.3. The van der Waals surface area contributed by atoms with Crippen molar-refractivity contribution in [2.75, 3.05) is 26.1 Å². The third kappa shape index (κ3) is 5.16. The first-order chi connectivity index (χ1) is 11.1. The molecule has 0 heterocycles. The van der Waals surface area contributed by atoms with Gasteiger partial charge in [0.15, 0.2) is 18.1 Å². The summed E-state index contributed by atoms with van der Waals surface area (Å²) in [6, 6.07) is 5.04. The van der Waals surface area contributed by atoms with Crippen LogP contribution < -0.4 is 14.8 Å². The van der Waals surface area contributed by atoms with E-state index in [1.165, 1.54) is 20.0 Å². The number of hydrogen-bond donors (Lipinski definition) is 1. The van der Waals surface area contributed by atoms with Gasteiger partial charge in [0, 0.05) is 18.2 Å². The lowest BCUT2D eigenvalue weighted by Gasteiger charge is -2.11. The van der Waals surface area contributed by atoms with Crippen LogP contribution in [0.1, 0.15) is 32.1 Å². The maximum atomic E-state index is 11.8. The maximum Gasteiger partial charge on any atom is 0.306 e. The zero-order valence-electron chi connectivity index (χ0n) is 13.6. The third-order valence-electron chi connectivity index (χ3n) is 3.96. The van der Waals surface area contributed by atoms with Crippen molar-refractivity contribution in [3.05, 3.63) is 18.2 Å². The molecule has 6 heteroatoms. The van der Waals surface area contributed by atoms with Gasteiger partial charge in [0.05, 0.1) is 14.2 Å². The van der Waals surface area contributed by atoms with E-state index in [4.69, 9.17) is 14.2 Å². The summed E-state index contributed by atoms with van der Waals surface area (Å²) < 4.78 is 15.3. The van der Waals surface area contributed by atoms with E-state index < -0.39 is 0 Å². The average Bonchev–Trinajstić information content (AvgIpc) is 3.05. The van der Waals surface area contributed by atoms with E-state index in [0.717, 1.165) is 12.8 Å². The number of amides is 1. The Morgan fingerprint density at radius 3 is 2.48 bits per heavy atom. The van der Waals surface area contributed by atoms with Crippen molar-refractivity contribution in [3.8, 4) is 11.5 Å². The molecule has 0 radical (unpaired) electrons. The highest BCUT2D eigenvalue weighted by Crippen LogP contribution is 2.30. The fraction of sp³-hybridized carbons (Fsp3) is 0.529. The molecule has 1 fully saturated rings. The van der Waals surface area contributed by atoms with Crippen molar-refractivity contribution in [1.29, 1.82) is 0 Å². The highest BCUT2D eigenvalue weighted by Gasteiger charge is 2.19. The zero-order chi connectivity index (χ0) is 16.7. The molecule has 0 aliphatic heterocycles. The summed E-state index contributed by atoms with van der Waals surface area (Å²) in [5.74, 6) is 0.824. The average molecular weight is 321 g/mol. The Kier molecular flexibility index (Phi) is 6.26. The zero-order valence-corrected chi connectivity index (χ0v) is 13.6. The van der Waals surface area contributed by atoms with Crippen molar-refractivity contribution >= 4 is 17.6 Å². The van der Waals surface area contributed by atoms with Crippen LogP contribution in [0.3, 0.4) is 0 Å². The molecule has 0 saturated heterocycles. The van der Waals surface area contributed by atoms with Crippen molar-refractivity contribution in [1.82, 2.24) is 0 Å². The van der Waals surface area contributed by atoms with Crippen LogP contribution in [0.25, 0.3) is 0 Å². The standard InChI is InChI=1S/C17H23NO5/c1-21-14-8-7-13(10-15(14)22-2)18-16(19)11-23-17(20)9-12-5-3-4-6-12/h7-8,10,12H,3-6,9,11H2,1-2H3,(H,18,19). The highest BCUT2D eigenvalue weighted by atomic mass is 16.5. The fourth-order valence-corrected chi connectivity index (χ4v) is 2.77. The van der Waals surface area contributed by atoms with Crippen LogP contribution in [-0.2, 0) is 14.3 Å². The second-order valence-electron chi connectivity index (χ2n) is 5.63. The quantitative estimate of drug-likeness (QED) is 0.782. The number of rotatable bonds is 7. The predicted octanol–water partition coefficient (Wildman–Crippen LogP) is 2.77. The molecule has 23 heavy (non-hydrogen) atoms. The Morgan fingerprint density at radius 1 is 1.13 bits per heavy atom. The van der Waals surface area contributed by atoms with Gasteiger partial charge in [0.1, 0.15) is 0 Å². The minimum atomic E-state index is -0.378. The van der Waals surface area contributed by atoms with E-state index in [-0.39, 0.29) is 18.5 Å². The monoisotopic (exact) mass is 321 g/mol. The first-order valence-corrected chi connectivity index (χ1v) is 7.80. The van der Waals surface area contributed by atoms with E-state index in [1.54, 1.807) is 25.3 Å². The molecule has 0 bridgehead atoms. The lowest BCUT2D eigenvalue weighted by molar-refractivity contribution is -0.148. The van der Waals surface area contributed by atoms with Gasteiger partial charge in [-0.25, -0.2) is 0 Å². The summed E-state index contributed by atoms with van der Waals surface area (Å²) in [6.07, 6.45) is 4.92. The van der Waals surface area contributed by atoms with Crippen LogP contribution in [0.15, 0.2) is 18.2 Å². The number of esters is 1. The van der Waals surface area contributed by atoms with Crippen LogP contribution in [-0.4, -0.2) is 32.7 Å². The molecule has 1 N–H and O–H groups in total. The summed E-state index contributed by atoms with van der Waals surface area (Å²) in [6.45, 7) is -0.278. The number of benzene rings is 1. The van der Waals surface area contributed by atoms with Gasteiger partial charge in [-0.1, -0.05) is 12.8 Å². The van der Waals surface area contributed by atoms with E-state index in [0.29, 0.717) is 29.5 Å². The molecule has 0 aromatic heterocycles. The molecule has 1 amide bonds. The second-order valence-corrected chi connectivity index (χ2v) is 5.63. The van der Waals surface area contributed by atoms with Crippen molar-refractivity contribution in [2.45, 2.75) is 32.1 Å². The van der Waals surface area contributed by atoms with Crippen LogP contribution in [0.5, 0.6) is 11.5 Å². The fourth-order valence-electron chi connectivity index (χ4n) is 2.77. The lowest BCUT2D eigenvalue weighted by Crippen LogP contribution is -2.21. The molecule has 0 atom stereocenters. The molecule has 1 aromatic rings. The molecule has 0 spiro atoms. The molecule has 2 rings (SSSR count). The third-order valence-corrected chi connectivity index (χ3v) is 3.96. The number of methoxy groups -OCH3 is 2. The van der Waals surface area contributed by atoms with Gasteiger partial charge in [-0.3, -0.25) is 9.59 Å². The van der Waals surface area contributed by atoms with Crippen LogP contribution in [0, 0.1) is 5.92 Å². The summed E-state index contributed by atoms with van der Waals surface area (Å²) in [5, 5.41) is 2.67. The number of ether oxygens (including phenoxy) is 3. The minimum Gasteiger partial charge on any atom is -0.493 e. The van der Waals surface area contributed by atoms with Gasteiger partial charge < -0.3 is 19.5 Å². The van der Waals surface area contributed by atoms with Crippen LogP contribution >= 0.6 is 0 Å². The Labute approximate surface area is 136 Å². The molecular formula is C17H23NO5. The van der Waals surface area contributed by atoms with Gasteiger partial charge >= 0.3 is 5.97 Å². The smallest absolute Gasteiger partial charge is 0.306 e. The lowest BCUT2D eigenvalue weighted by atomic mass is 10.1. The SMILES string of the molecule is COc1ccc(NC(=O)COC(=O)CC2CCCC2)cc1OC. The molecule has 1 aromatic carbocycles. The minimum absolute atomic E-state index is 0.278. The van der Waals surface area contributed by atoms with Crippen molar-refractivity contribution in [3.63, 3.8) is 0 Å². The summed E-state index contributed by atoms with van der Waals surface area (Å²) in [5.41, 5.74) is 0.555. The molecule has 126 valence electrons. The Morgan fingerprint density at radius 2 is 1.83 bits per heavy atom. The van der Waals surface area contributed by atoms with E-state index in [1.807, 2.05) is 0 Å². The number of carbonyl (C=O) groups is 2. The van der Waals surface area contributed by atoms with E-state index in [2.05, 4.69) is 5.32 Å². The Bertz CT molecular complexity index is 552. The number of carbonyl (C=O) groups excluding carboxylic acids is 2. The largest absolute Gasteiger partial charge is 0.493 e. The van der Waals surface area contributed by atoms with Gasteiger partial charge in [-0.15, -0.1) is 0 Å². The van der Waals surface area contributed by atoms with Crippen LogP contribution in [0.4, 0.5) is 5.69 Å². The molecule has 1 aliphatic rings. The molecule has 1 saturated carbocycles.